The molecule has 1 aliphatic rings. The summed E-state index contributed by atoms with van der Waals surface area (Å²) in [6.45, 7) is 4.41. The SMILES string of the molecule is CC(C)Cc1nn2c(=O)cc(COc3cccc(NC(=O)C4CCCCC4)c3)nc2s1. The molecule has 7 nitrogen and oxygen atoms in total. The van der Waals surface area contributed by atoms with Gasteiger partial charge in [0.05, 0.1) is 5.69 Å². The lowest BCUT2D eigenvalue weighted by atomic mass is 9.88. The summed E-state index contributed by atoms with van der Waals surface area (Å²) in [7, 11) is 0. The monoisotopic (exact) mass is 440 g/mol. The van der Waals surface area contributed by atoms with Crippen LogP contribution in [0.4, 0.5) is 5.69 Å². The van der Waals surface area contributed by atoms with E-state index in [4.69, 9.17) is 4.74 Å². The minimum atomic E-state index is -0.205. The average molecular weight is 441 g/mol. The lowest BCUT2D eigenvalue weighted by Gasteiger charge is -2.20. The number of benzene rings is 1. The zero-order valence-electron chi connectivity index (χ0n) is 18.0. The highest BCUT2D eigenvalue weighted by Gasteiger charge is 2.21. The maximum atomic E-state index is 12.5. The molecular formula is C23H28N4O3S. The summed E-state index contributed by atoms with van der Waals surface area (Å²) in [5.74, 6) is 1.26. The van der Waals surface area contributed by atoms with E-state index in [1.165, 1.54) is 28.3 Å². The second-order valence-corrected chi connectivity index (χ2v) is 9.56. The predicted octanol–water partition coefficient (Wildman–Crippen LogP) is 4.45. The average Bonchev–Trinajstić information content (AvgIpc) is 3.15. The minimum absolute atomic E-state index is 0.0828. The molecule has 8 heteroatoms. The van der Waals surface area contributed by atoms with Crippen molar-refractivity contribution >= 4 is 27.9 Å². The zero-order valence-corrected chi connectivity index (χ0v) is 18.8. The fourth-order valence-corrected chi connectivity index (χ4v) is 4.96. The Bertz CT molecular complexity index is 1120. The van der Waals surface area contributed by atoms with Gasteiger partial charge in [0.25, 0.3) is 5.56 Å². The van der Waals surface area contributed by atoms with E-state index >= 15 is 0 Å². The molecule has 4 rings (SSSR count). The number of ether oxygens (including phenoxy) is 1. The molecule has 31 heavy (non-hydrogen) atoms. The van der Waals surface area contributed by atoms with E-state index in [-0.39, 0.29) is 24.0 Å². The largest absolute Gasteiger partial charge is 0.487 e. The van der Waals surface area contributed by atoms with Crippen molar-refractivity contribution in [2.75, 3.05) is 5.32 Å². The van der Waals surface area contributed by atoms with E-state index in [1.807, 2.05) is 18.2 Å². The van der Waals surface area contributed by atoms with Crippen LogP contribution >= 0.6 is 11.3 Å². The summed E-state index contributed by atoms with van der Waals surface area (Å²) in [5.41, 5.74) is 1.07. The van der Waals surface area contributed by atoms with Gasteiger partial charge in [0, 0.05) is 30.2 Å². The molecule has 1 amide bonds. The van der Waals surface area contributed by atoms with Crippen molar-refractivity contribution in [2.45, 2.75) is 59.0 Å². The normalized spacial score (nSPS) is 14.8. The van der Waals surface area contributed by atoms with Crippen LogP contribution in [0.15, 0.2) is 35.1 Å². The van der Waals surface area contributed by atoms with Crippen molar-refractivity contribution in [3.8, 4) is 5.75 Å². The molecule has 0 bridgehead atoms. The van der Waals surface area contributed by atoms with Crippen LogP contribution in [-0.2, 0) is 17.8 Å². The van der Waals surface area contributed by atoms with E-state index < -0.39 is 0 Å². The van der Waals surface area contributed by atoms with E-state index in [0.717, 1.165) is 42.8 Å². The van der Waals surface area contributed by atoms with Gasteiger partial charge in [-0.05, 0) is 30.9 Å². The third-order valence-corrected chi connectivity index (χ3v) is 6.32. The zero-order chi connectivity index (χ0) is 21.8. The van der Waals surface area contributed by atoms with Gasteiger partial charge in [-0.1, -0.05) is 50.5 Å². The molecule has 1 fully saturated rings. The quantitative estimate of drug-likeness (QED) is 0.587. The first kappa shape index (κ1) is 21.5. The summed E-state index contributed by atoms with van der Waals surface area (Å²) in [4.78, 5) is 30.0. The lowest BCUT2D eigenvalue weighted by molar-refractivity contribution is -0.120. The number of hydrogen-bond acceptors (Lipinski definition) is 6. The Labute approximate surface area is 185 Å². The van der Waals surface area contributed by atoms with E-state index in [9.17, 15) is 9.59 Å². The fourth-order valence-electron chi connectivity index (χ4n) is 3.83. The van der Waals surface area contributed by atoms with E-state index in [0.29, 0.717) is 22.3 Å². The van der Waals surface area contributed by atoms with Gasteiger partial charge < -0.3 is 10.1 Å². The predicted molar refractivity (Wildman–Crippen MR) is 122 cm³/mol. The molecule has 0 spiro atoms. The van der Waals surface area contributed by atoms with Crippen LogP contribution in [0.3, 0.4) is 0 Å². The Morgan fingerprint density at radius 3 is 2.84 bits per heavy atom. The van der Waals surface area contributed by atoms with Crippen LogP contribution < -0.4 is 15.6 Å². The molecule has 2 aromatic heterocycles. The maximum Gasteiger partial charge on any atom is 0.275 e. The molecule has 1 saturated carbocycles. The smallest absolute Gasteiger partial charge is 0.275 e. The van der Waals surface area contributed by atoms with Gasteiger partial charge >= 0.3 is 0 Å². The molecule has 1 aromatic carbocycles. The molecule has 0 atom stereocenters. The van der Waals surface area contributed by atoms with Crippen molar-refractivity contribution in [1.82, 2.24) is 14.6 Å². The van der Waals surface area contributed by atoms with Crippen LogP contribution in [0.5, 0.6) is 5.75 Å². The Kier molecular flexibility index (Phi) is 6.65. The number of fused-ring (bicyclic) bond motifs is 1. The third kappa shape index (κ3) is 5.50. The topological polar surface area (TPSA) is 85.6 Å². The molecule has 0 aliphatic heterocycles. The summed E-state index contributed by atoms with van der Waals surface area (Å²) in [6, 6.07) is 8.80. The van der Waals surface area contributed by atoms with Gasteiger partial charge in [-0.2, -0.15) is 9.61 Å². The van der Waals surface area contributed by atoms with Gasteiger partial charge in [0.15, 0.2) is 0 Å². The molecular weight excluding hydrogens is 412 g/mol. The standard InChI is InChI=1S/C23H28N4O3S/c1-15(2)11-20-26-27-21(28)13-18(25-23(27)31-20)14-30-19-10-6-9-17(12-19)24-22(29)16-7-4-3-5-8-16/h6,9-10,12-13,15-16H,3-5,7-8,11,14H2,1-2H3,(H,24,29). The highest BCUT2D eigenvalue weighted by atomic mass is 32.1. The molecule has 0 unspecified atom stereocenters. The third-order valence-electron chi connectivity index (χ3n) is 5.39. The summed E-state index contributed by atoms with van der Waals surface area (Å²) in [5, 5.41) is 8.28. The highest BCUT2D eigenvalue weighted by Crippen LogP contribution is 2.26. The van der Waals surface area contributed by atoms with Gasteiger partial charge in [-0.3, -0.25) is 9.59 Å². The number of rotatable bonds is 7. The van der Waals surface area contributed by atoms with Crippen molar-refractivity contribution in [2.24, 2.45) is 11.8 Å². The first-order chi connectivity index (χ1) is 15.0. The fraction of sp³-hybridized carbons (Fsp3) is 0.478. The Morgan fingerprint density at radius 2 is 2.06 bits per heavy atom. The number of carbonyl (C=O) groups excluding carboxylic acids is 1. The number of amides is 1. The van der Waals surface area contributed by atoms with Crippen molar-refractivity contribution < 1.29 is 9.53 Å². The molecule has 1 aliphatic carbocycles. The maximum absolute atomic E-state index is 12.5. The Morgan fingerprint density at radius 1 is 1.26 bits per heavy atom. The van der Waals surface area contributed by atoms with Gasteiger partial charge in [-0.25, -0.2) is 4.98 Å². The van der Waals surface area contributed by atoms with Crippen LogP contribution in [-0.4, -0.2) is 20.5 Å². The summed E-state index contributed by atoms with van der Waals surface area (Å²) < 4.78 is 7.21. The minimum Gasteiger partial charge on any atom is -0.487 e. The first-order valence-electron chi connectivity index (χ1n) is 10.9. The molecule has 2 heterocycles. The first-order valence-corrected chi connectivity index (χ1v) is 11.7. The van der Waals surface area contributed by atoms with E-state index in [2.05, 4.69) is 29.2 Å². The summed E-state index contributed by atoms with van der Waals surface area (Å²) in [6.07, 6.45) is 6.20. The Balaban J connectivity index is 1.42. The second-order valence-electron chi connectivity index (χ2n) is 8.51. The molecule has 0 saturated heterocycles. The number of nitrogens with zero attached hydrogens (tertiary/aromatic N) is 3. The number of aromatic nitrogens is 3. The molecule has 1 N–H and O–H groups in total. The lowest BCUT2D eigenvalue weighted by Crippen LogP contribution is -2.24. The molecule has 0 radical (unpaired) electrons. The number of hydrogen-bond donors (Lipinski definition) is 1. The van der Waals surface area contributed by atoms with E-state index in [1.54, 1.807) is 6.07 Å². The van der Waals surface area contributed by atoms with Crippen LogP contribution in [0.2, 0.25) is 0 Å². The van der Waals surface area contributed by atoms with Crippen molar-refractivity contribution in [3.05, 3.63) is 51.4 Å². The molecule has 164 valence electrons. The highest BCUT2D eigenvalue weighted by molar-refractivity contribution is 7.16. The summed E-state index contributed by atoms with van der Waals surface area (Å²) >= 11 is 1.44. The van der Waals surface area contributed by atoms with Gasteiger partial charge in [-0.15, -0.1) is 0 Å². The van der Waals surface area contributed by atoms with Crippen molar-refractivity contribution in [1.29, 1.82) is 0 Å². The van der Waals surface area contributed by atoms with Crippen molar-refractivity contribution in [3.63, 3.8) is 0 Å². The van der Waals surface area contributed by atoms with Gasteiger partial charge in [0.1, 0.15) is 17.4 Å². The van der Waals surface area contributed by atoms with Crippen LogP contribution in [0, 0.1) is 11.8 Å². The number of carbonyl (C=O) groups is 1. The van der Waals surface area contributed by atoms with Crippen LogP contribution in [0.25, 0.3) is 4.96 Å². The van der Waals surface area contributed by atoms with Crippen LogP contribution in [0.1, 0.15) is 56.7 Å². The second kappa shape index (κ2) is 9.60. The molecule has 3 aromatic rings. The number of nitrogens with one attached hydrogen (secondary N) is 1. The number of anilines is 1. The Hall–Kier alpha value is -2.74. The van der Waals surface area contributed by atoms with Gasteiger partial charge in [0.2, 0.25) is 10.9 Å².